The van der Waals surface area contributed by atoms with Crippen molar-refractivity contribution in [3.05, 3.63) is 111 Å². The Bertz CT molecular complexity index is 2220. The highest BCUT2D eigenvalue weighted by Gasteiger charge is 2.42. The lowest BCUT2D eigenvalue weighted by atomic mass is 9.59. The van der Waals surface area contributed by atoms with Gasteiger partial charge in [0.1, 0.15) is 0 Å². The topological polar surface area (TPSA) is 0 Å². The molecular formula is C52H64. The Kier molecular flexibility index (Phi) is 8.42. The van der Waals surface area contributed by atoms with Gasteiger partial charge in [0.05, 0.1) is 0 Å². The molecule has 4 unspecified atom stereocenters. The fourth-order valence-electron chi connectivity index (χ4n) is 11.7. The third kappa shape index (κ3) is 4.33. The second kappa shape index (κ2) is 11.9. The van der Waals surface area contributed by atoms with Crippen LogP contribution in [0.3, 0.4) is 0 Å². The van der Waals surface area contributed by atoms with Crippen molar-refractivity contribution in [3.8, 4) is 11.1 Å². The maximum Gasteiger partial charge on any atom is -0.00153 e. The van der Waals surface area contributed by atoms with Crippen LogP contribution in [0.4, 0.5) is 0 Å². The van der Waals surface area contributed by atoms with Crippen LogP contribution in [0.2, 0.25) is 0 Å². The van der Waals surface area contributed by atoms with Gasteiger partial charge in [-0.1, -0.05) is 27.7 Å². The molecule has 0 spiro atoms. The summed E-state index contributed by atoms with van der Waals surface area (Å²) in [6, 6.07) is 0. The van der Waals surface area contributed by atoms with Gasteiger partial charge in [-0.3, -0.25) is 0 Å². The lowest BCUT2D eigenvalue weighted by molar-refractivity contribution is 0.569. The Morgan fingerprint density at radius 2 is 0.346 bits per heavy atom. The molecule has 0 heteroatoms. The van der Waals surface area contributed by atoms with E-state index in [1.54, 1.807) is 33.4 Å². The minimum atomic E-state index is 0.588. The van der Waals surface area contributed by atoms with Gasteiger partial charge in [0.2, 0.25) is 0 Å². The van der Waals surface area contributed by atoms with Crippen LogP contribution in [0, 0.1) is 111 Å². The Labute approximate surface area is 315 Å². The number of benzene rings is 6. The van der Waals surface area contributed by atoms with Gasteiger partial charge in [-0.05, 0) is 289 Å². The molecule has 2 aliphatic rings. The van der Waals surface area contributed by atoms with Gasteiger partial charge < -0.3 is 0 Å². The van der Waals surface area contributed by atoms with E-state index >= 15 is 0 Å². The molecule has 0 aliphatic heterocycles. The summed E-state index contributed by atoms with van der Waals surface area (Å²) in [6.07, 6.45) is 0. The molecule has 0 fully saturated rings. The zero-order valence-corrected chi connectivity index (χ0v) is 36.3. The number of rotatable bonds is 0. The predicted molar refractivity (Wildman–Crippen MR) is 231 cm³/mol. The van der Waals surface area contributed by atoms with Crippen LogP contribution >= 0.6 is 0 Å². The summed E-state index contributed by atoms with van der Waals surface area (Å²) in [7, 11) is 0. The highest BCUT2D eigenvalue weighted by atomic mass is 14.5. The van der Waals surface area contributed by atoms with Crippen LogP contribution < -0.4 is 0 Å². The van der Waals surface area contributed by atoms with E-state index < -0.39 is 0 Å². The first-order valence-electron chi connectivity index (χ1n) is 20.1. The van der Waals surface area contributed by atoms with Gasteiger partial charge in [0, 0.05) is 0 Å². The Balaban J connectivity index is 0.000000162. The molecule has 0 heterocycles. The van der Waals surface area contributed by atoms with Gasteiger partial charge in [0.15, 0.2) is 0 Å². The predicted octanol–water partition coefficient (Wildman–Crippen LogP) is 15.3. The van der Waals surface area contributed by atoms with E-state index in [2.05, 4.69) is 138 Å². The second-order valence-electron chi connectivity index (χ2n) is 17.8. The fraction of sp³-hybridized carbons (Fsp3) is 0.462. The summed E-state index contributed by atoms with van der Waals surface area (Å²) in [6.45, 7) is 47.1. The van der Waals surface area contributed by atoms with Crippen LogP contribution in [-0.2, 0) is 0 Å². The van der Waals surface area contributed by atoms with Gasteiger partial charge in [-0.2, -0.15) is 0 Å². The largest absolute Gasteiger partial charge is 0.0578 e. The monoisotopic (exact) mass is 689 g/mol. The lowest BCUT2D eigenvalue weighted by Crippen LogP contribution is -2.27. The average Bonchev–Trinajstić information content (AvgIpc) is 3.10. The van der Waals surface area contributed by atoms with Crippen LogP contribution in [0.5, 0.6) is 0 Å². The average molecular weight is 689 g/mol. The minimum Gasteiger partial charge on any atom is -0.0578 e. The second-order valence-corrected chi connectivity index (χ2v) is 17.8. The van der Waals surface area contributed by atoms with Gasteiger partial charge >= 0.3 is 0 Å². The smallest absolute Gasteiger partial charge is 0.00153 e. The zero-order valence-electron chi connectivity index (χ0n) is 36.3. The highest BCUT2D eigenvalue weighted by molar-refractivity contribution is 6.29. The van der Waals surface area contributed by atoms with Crippen LogP contribution in [0.15, 0.2) is 0 Å². The first-order valence-corrected chi connectivity index (χ1v) is 20.1. The Morgan fingerprint density at radius 3 is 0.538 bits per heavy atom. The molecule has 0 N–H and O–H groups in total. The molecule has 0 saturated carbocycles. The van der Waals surface area contributed by atoms with Gasteiger partial charge in [0.25, 0.3) is 0 Å². The van der Waals surface area contributed by atoms with E-state index in [1.165, 1.54) is 121 Å². The van der Waals surface area contributed by atoms with Crippen LogP contribution in [-0.4, -0.2) is 0 Å². The fourth-order valence-corrected chi connectivity index (χ4v) is 11.7. The van der Waals surface area contributed by atoms with Gasteiger partial charge in [-0.15, -0.1) is 0 Å². The molecule has 0 amide bonds. The van der Waals surface area contributed by atoms with Crippen LogP contribution in [0.1, 0.15) is 163 Å². The standard InChI is InChI=1S/C26H34.C26H30/c2*1-11-13(3)21-17(7)19(9)23-15(5)12(2)16(6)24-20(10)18(8)22(14(11)4)25(21)26(23)24/h17-20H,1-10H3;1-10H3. The maximum absolute atomic E-state index is 2.46. The van der Waals surface area contributed by atoms with Crippen molar-refractivity contribution in [1.29, 1.82) is 0 Å². The molecule has 0 radical (unpaired) electrons. The van der Waals surface area contributed by atoms with E-state index in [-0.39, 0.29) is 0 Å². The van der Waals surface area contributed by atoms with E-state index in [1.807, 2.05) is 0 Å². The summed E-state index contributed by atoms with van der Waals surface area (Å²) in [5.41, 5.74) is 33.6. The van der Waals surface area contributed by atoms with E-state index in [0.717, 1.165) is 0 Å². The summed E-state index contributed by atoms with van der Waals surface area (Å²) < 4.78 is 0. The molecule has 272 valence electrons. The third-order valence-corrected chi connectivity index (χ3v) is 16.1. The molecule has 0 aromatic heterocycles. The minimum absolute atomic E-state index is 0.588. The summed E-state index contributed by atoms with van der Waals surface area (Å²) in [5, 5.41) is 8.97. The van der Waals surface area contributed by atoms with Crippen LogP contribution in [0.25, 0.3) is 43.4 Å². The zero-order chi connectivity index (χ0) is 38.5. The first kappa shape index (κ1) is 36.7. The van der Waals surface area contributed by atoms with Crippen molar-refractivity contribution >= 4 is 32.3 Å². The summed E-state index contributed by atoms with van der Waals surface area (Å²) >= 11 is 0. The summed E-state index contributed by atoms with van der Waals surface area (Å²) in [4.78, 5) is 0. The maximum atomic E-state index is 2.46. The molecule has 0 saturated heterocycles. The van der Waals surface area contributed by atoms with E-state index in [4.69, 9.17) is 0 Å². The Morgan fingerprint density at radius 1 is 0.192 bits per heavy atom. The molecular weight excluding hydrogens is 625 g/mol. The van der Waals surface area contributed by atoms with Crippen molar-refractivity contribution < 1.29 is 0 Å². The molecule has 52 heavy (non-hydrogen) atoms. The molecule has 0 nitrogen and oxygen atoms in total. The number of hydrogen-bond acceptors (Lipinski definition) is 0. The molecule has 8 rings (SSSR count). The molecule has 4 atom stereocenters. The van der Waals surface area contributed by atoms with E-state index in [9.17, 15) is 0 Å². The quantitative estimate of drug-likeness (QED) is 0.139. The SMILES string of the molecule is Cc1c(C)c2c(C)c(C)c3c(C)c(C)c(C)c4c(C)c(C)c(c1C)c2c34.Cc1c(C)c2c3c(c1C)C(C)C(C)c1c(C)c(C)c(C)c(c1-3)C(C)C2C. The lowest BCUT2D eigenvalue weighted by Gasteiger charge is -2.45. The molecule has 2 aliphatic carbocycles. The molecule has 6 aromatic rings. The van der Waals surface area contributed by atoms with E-state index in [0.29, 0.717) is 23.7 Å². The number of aryl methyl sites for hydroxylation is 8. The van der Waals surface area contributed by atoms with Crippen molar-refractivity contribution in [3.63, 3.8) is 0 Å². The summed E-state index contributed by atoms with van der Waals surface area (Å²) in [5.74, 6) is 2.35. The van der Waals surface area contributed by atoms with Crippen molar-refractivity contribution in [1.82, 2.24) is 0 Å². The Hall–Kier alpha value is -3.64. The number of hydrogen-bond donors (Lipinski definition) is 0. The first-order chi connectivity index (χ1) is 24.2. The van der Waals surface area contributed by atoms with Crippen molar-refractivity contribution in [2.24, 2.45) is 0 Å². The molecule has 0 bridgehead atoms. The van der Waals surface area contributed by atoms with Crippen molar-refractivity contribution in [2.45, 2.75) is 162 Å². The third-order valence-electron chi connectivity index (χ3n) is 16.1. The molecule has 6 aromatic carbocycles. The van der Waals surface area contributed by atoms with Crippen molar-refractivity contribution in [2.75, 3.05) is 0 Å². The highest BCUT2D eigenvalue weighted by Crippen LogP contribution is 2.60. The normalized spacial score (nSPS) is 19.2. The van der Waals surface area contributed by atoms with Gasteiger partial charge in [-0.25, -0.2) is 0 Å².